The summed E-state index contributed by atoms with van der Waals surface area (Å²) in [5.74, 6) is 1.22. The van der Waals surface area contributed by atoms with Crippen LogP contribution in [-0.2, 0) is 10.0 Å². The summed E-state index contributed by atoms with van der Waals surface area (Å²) in [4.78, 5) is 8.72. The van der Waals surface area contributed by atoms with E-state index in [1.54, 1.807) is 30.3 Å². The lowest BCUT2D eigenvalue weighted by Crippen LogP contribution is -2.08. The van der Waals surface area contributed by atoms with Gasteiger partial charge in [0.1, 0.15) is 5.82 Å². The van der Waals surface area contributed by atoms with E-state index in [0.717, 1.165) is 34.5 Å². The zero-order valence-corrected chi connectivity index (χ0v) is 18.0. The van der Waals surface area contributed by atoms with Crippen molar-refractivity contribution in [2.45, 2.75) is 20.8 Å². The summed E-state index contributed by atoms with van der Waals surface area (Å²) in [6.07, 6.45) is 1.57. The number of nitrogens with one attached hydrogen (secondary N) is 3. The summed E-state index contributed by atoms with van der Waals surface area (Å²) in [6, 6.07) is 16.4. The Labute approximate surface area is 177 Å². The van der Waals surface area contributed by atoms with Gasteiger partial charge in [-0.15, -0.1) is 0 Å². The van der Waals surface area contributed by atoms with Crippen molar-refractivity contribution in [3.05, 3.63) is 76.8 Å². The van der Waals surface area contributed by atoms with E-state index in [0.29, 0.717) is 17.5 Å². The number of sulfonamides is 1. The molecule has 0 unspecified atom stereocenters. The summed E-state index contributed by atoms with van der Waals surface area (Å²) >= 11 is 0. The summed E-state index contributed by atoms with van der Waals surface area (Å²) in [5, 5.41) is 7.46. The molecular formula is C22H25N5O2S. The Morgan fingerprint density at radius 1 is 0.933 bits per heavy atom. The third-order valence-corrected chi connectivity index (χ3v) is 5.14. The smallest absolute Gasteiger partial charge is 0.255 e. The first-order chi connectivity index (χ1) is 14.3. The molecule has 0 aliphatic heterocycles. The highest BCUT2D eigenvalue weighted by atomic mass is 32.2. The zero-order valence-electron chi connectivity index (χ0n) is 17.2. The molecule has 0 fully saturated rings. The number of aromatic nitrogens is 2. The second-order valence-electron chi connectivity index (χ2n) is 6.81. The van der Waals surface area contributed by atoms with Crippen molar-refractivity contribution in [1.29, 1.82) is 0 Å². The number of hydrogen-bond acceptors (Lipinski definition) is 6. The largest absolute Gasteiger partial charge is 0.354 e. The van der Waals surface area contributed by atoms with E-state index in [-0.39, 0.29) is 0 Å². The predicted octanol–water partition coefficient (Wildman–Crippen LogP) is 4.68. The predicted molar refractivity (Wildman–Crippen MR) is 123 cm³/mol. The van der Waals surface area contributed by atoms with E-state index in [9.17, 15) is 8.42 Å². The molecule has 3 aromatic rings. The molecule has 7 nitrogen and oxygen atoms in total. The fourth-order valence-corrected chi connectivity index (χ4v) is 3.55. The lowest BCUT2D eigenvalue weighted by atomic mass is 10.2. The van der Waals surface area contributed by atoms with E-state index in [4.69, 9.17) is 0 Å². The molecule has 0 bridgehead atoms. The van der Waals surface area contributed by atoms with Crippen LogP contribution in [0.5, 0.6) is 0 Å². The van der Waals surface area contributed by atoms with Gasteiger partial charge in [0.15, 0.2) is 0 Å². The number of rotatable bonds is 8. The fourth-order valence-electron chi connectivity index (χ4n) is 2.68. The molecule has 1 heterocycles. The van der Waals surface area contributed by atoms with Crippen LogP contribution < -0.4 is 15.4 Å². The molecule has 0 aliphatic rings. The third-order valence-electron chi connectivity index (χ3n) is 4.12. The van der Waals surface area contributed by atoms with Gasteiger partial charge >= 0.3 is 0 Å². The van der Waals surface area contributed by atoms with Crippen LogP contribution in [0.2, 0.25) is 0 Å². The highest BCUT2D eigenvalue weighted by Gasteiger charge is 2.07. The summed E-state index contributed by atoms with van der Waals surface area (Å²) in [5.41, 5.74) is 4.04. The molecule has 0 radical (unpaired) electrons. The van der Waals surface area contributed by atoms with Gasteiger partial charge in [-0.1, -0.05) is 29.8 Å². The Kier molecular flexibility index (Phi) is 6.68. The molecule has 8 heteroatoms. The maximum Gasteiger partial charge on any atom is 0.255 e. The normalized spacial score (nSPS) is 11.4. The van der Waals surface area contributed by atoms with Crippen LogP contribution >= 0.6 is 0 Å². The van der Waals surface area contributed by atoms with E-state index in [2.05, 4.69) is 25.3 Å². The van der Waals surface area contributed by atoms with Crippen LogP contribution in [-0.4, -0.2) is 24.9 Å². The number of anilines is 4. The van der Waals surface area contributed by atoms with Crippen molar-refractivity contribution < 1.29 is 8.42 Å². The van der Waals surface area contributed by atoms with Gasteiger partial charge in [0.25, 0.3) is 10.0 Å². The van der Waals surface area contributed by atoms with Crippen molar-refractivity contribution in [2.24, 2.45) is 0 Å². The van der Waals surface area contributed by atoms with Gasteiger partial charge in [-0.2, -0.15) is 4.98 Å². The molecule has 2 aromatic carbocycles. The Bertz CT molecular complexity index is 1130. The molecule has 0 saturated heterocycles. The Balaban J connectivity index is 1.66. The van der Waals surface area contributed by atoms with Crippen LogP contribution in [0.15, 0.2) is 60.0 Å². The second kappa shape index (κ2) is 9.41. The van der Waals surface area contributed by atoms with Gasteiger partial charge in [0.2, 0.25) is 5.95 Å². The van der Waals surface area contributed by atoms with Crippen molar-refractivity contribution in [3.8, 4) is 0 Å². The minimum absolute atomic E-state index is 0.473. The molecule has 0 amide bonds. The lowest BCUT2D eigenvalue weighted by molar-refractivity contribution is 0.609. The van der Waals surface area contributed by atoms with Gasteiger partial charge < -0.3 is 10.6 Å². The molecule has 30 heavy (non-hydrogen) atoms. The zero-order chi connectivity index (χ0) is 21.6. The maximum absolute atomic E-state index is 12.3. The van der Waals surface area contributed by atoms with Crippen LogP contribution in [0.25, 0.3) is 6.08 Å². The first-order valence-electron chi connectivity index (χ1n) is 9.57. The van der Waals surface area contributed by atoms with E-state index >= 15 is 0 Å². The average Bonchev–Trinajstić information content (AvgIpc) is 2.69. The van der Waals surface area contributed by atoms with E-state index in [1.165, 1.54) is 0 Å². The molecule has 0 aliphatic carbocycles. The van der Waals surface area contributed by atoms with Gasteiger partial charge in [-0.25, -0.2) is 13.4 Å². The number of aryl methyl sites for hydroxylation is 2. The molecule has 3 rings (SSSR count). The molecule has 3 N–H and O–H groups in total. The van der Waals surface area contributed by atoms with Crippen molar-refractivity contribution in [3.63, 3.8) is 0 Å². The molecule has 156 valence electrons. The lowest BCUT2D eigenvalue weighted by Gasteiger charge is -2.10. The first kappa shape index (κ1) is 21.3. The standard InChI is InChI=1S/C22H25N5O2S/c1-4-23-22-24-17(3)15-21(26-22)25-19-9-11-20(12-10-19)27-30(28,29)14-13-18-7-5-16(2)6-8-18/h5-15,27H,4H2,1-3H3,(H2,23,24,25,26)/b14-13+. The van der Waals surface area contributed by atoms with Crippen molar-refractivity contribution in [2.75, 3.05) is 21.9 Å². The highest BCUT2D eigenvalue weighted by Crippen LogP contribution is 2.20. The second-order valence-corrected chi connectivity index (χ2v) is 8.38. The maximum atomic E-state index is 12.3. The minimum atomic E-state index is -3.61. The molecule has 0 saturated carbocycles. The van der Waals surface area contributed by atoms with E-state index in [1.807, 2.05) is 51.1 Å². The topological polar surface area (TPSA) is 96.0 Å². The highest BCUT2D eigenvalue weighted by molar-refractivity contribution is 7.95. The number of benzene rings is 2. The Morgan fingerprint density at radius 3 is 2.27 bits per heavy atom. The minimum Gasteiger partial charge on any atom is -0.354 e. The van der Waals surface area contributed by atoms with Crippen LogP contribution in [0, 0.1) is 13.8 Å². The molecule has 1 aromatic heterocycles. The Hall–Kier alpha value is -3.39. The fraction of sp³-hybridized carbons (Fsp3) is 0.182. The SMILES string of the molecule is CCNc1nc(C)cc(Nc2ccc(NS(=O)(=O)/C=C/c3ccc(C)cc3)cc2)n1. The monoisotopic (exact) mass is 423 g/mol. The van der Waals surface area contributed by atoms with Gasteiger partial charge in [-0.3, -0.25) is 4.72 Å². The van der Waals surface area contributed by atoms with Crippen LogP contribution in [0.4, 0.5) is 23.1 Å². The molecular weight excluding hydrogens is 398 g/mol. The summed E-state index contributed by atoms with van der Waals surface area (Å²) < 4.78 is 27.2. The Morgan fingerprint density at radius 2 is 1.60 bits per heavy atom. The van der Waals surface area contributed by atoms with E-state index < -0.39 is 10.0 Å². The number of nitrogens with zero attached hydrogens (tertiary/aromatic N) is 2. The third kappa shape index (κ3) is 6.31. The number of hydrogen-bond donors (Lipinski definition) is 3. The average molecular weight is 424 g/mol. The van der Waals surface area contributed by atoms with Crippen LogP contribution in [0.1, 0.15) is 23.7 Å². The van der Waals surface area contributed by atoms with Gasteiger partial charge in [0.05, 0.1) is 5.41 Å². The van der Waals surface area contributed by atoms with Gasteiger partial charge in [0, 0.05) is 29.7 Å². The molecule has 0 atom stereocenters. The van der Waals surface area contributed by atoms with Crippen molar-refractivity contribution in [1.82, 2.24) is 9.97 Å². The summed E-state index contributed by atoms with van der Waals surface area (Å²) in [7, 11) is -3.61. The van der Waals surface area contributed by atoms with Crippen molar-refractivity contribution >= 4 is 39.2 Å². The quantitative estimate of drug-likeness (QED) is 0.487. The first-order valence-corrected chi connectivity index (χ1v) is 11.1. The van der Waals surface area contributed by atoms with Gasteiger partial charge in [-0.05, 0) is 56.7 Å². The van der Waals surface area contributed by atoms with Crippen LogP contribution in [0.3, 0.4) is 0 Å². The summed E-state index contributed by atoms with van der Waals surface area (Å²) in [6.45, 7) is 6.59. The molecule has 0 spiro atoms.